The average Bonchev–Trinajstić information content (AvgIpc) is 2.81. The summed E-state index contributed by atoms with van der Waals surface area (Å²) < 4.78 is 33.5. The molecule has 9 nitrogen and oxygen atoms in total. The van der Waals surface area contributed by atoms with Gasteiger partial charge in [0.25, 0.3) is 15.9 Å². The van der Waals surface area contributed by atoms with Crippen molar-refractivity contribution in [3.8, 4) is 5.75 Å². The molecule has 0 aliphatic carbocycles. The number of ether oxygens (including phenoxy) is 1. The molecule has 3 rings (SSSR count). The summed E-state index contributed by atoms with van der Waals surface area (Å²) >= 11 is 5.26. The zero-order chi connectivity index (χ0) is 26.1. The summed E-state index contributed by atoms with van der Waals surface area (Å²) in [5.74, 6) is 0.0902. The number of nitrogens with zero attached hydrogens (tertiary/aromatic N) is 2. The van der Waals surface area contributed by atoms with Crippen LogP contribution in [0.15, 0.2) is 59.5 Å². The number of amides is 1. The van der Waals surface area contributed by atoms with Crippen LogP contribution in [0.5, 0.6) is 5.75 Å². The molecule has 0 radical (unpaired) electrons. The molecular weight excluding hydrogens is 498 g/mol. The maximum atomic E-state index is 12.7. The van der Waals surface area contributed by atoms with Gasteiger partial charge in [0.05, 0.1) is 17.1 Å². The molecule has 1 aromatic heterocycles. The van der Waals surface area contributed by atoms with Crippen LogP contribution in [0.25, 0.3) is 0 Å². The lowest BCUT2D eigenvalue weighted by Crippen LogP contribution is -2.34. The first-order valence-electron chi connectivity index (χ1n) is 11.5. The van der Waals surface area contributed by atoms with Gasteiger partial charge in [0, 0.05) is 17.1 Å². The van der Waals surface area contributed by atoms with Gasteiger partial charge in [0.2, 0.25) is 5.95 Å². The van der Waals surface area contributed by atoms with Crippen LogP contribution in [0, 0.1) is 13.8 Å². The number of aryl methyl sites for hydroxylation is 2. The van der Waals surface area contributed by atoms with Crippen LogP contribution in [-0.2, 0) is 10.0 Å². The van der Waals surface area contributed by atoms with E-state index in [-0.39, 0.29) is 16.0 Å². The van der Waals surface area contributed by atoms with Crippen molar-refractivity contribution in [2.75, 3.05) is 16.6 Å². The van der Waals surface area contributed by atoms with E-state index in [0.717, 1.165) is 19.3 Å². The Morgan fingerprint density at radius 3 is 2.33 bits per heavy atom. The highest BCUT2D eigenvalue weighted by molar-refractivity contribution is 7.92. The number of unbranched alkanes of at least 4 members (excludes halogenated alkanes) is 2. The quantitative estimate of drug-likeness (QED) is 0.258. The number of hydrogen-bond donors (Lipinski definition) is 3. The molecule has 3 aromatic rings. The molecule has 1 heterocycles. The number of nitrogens with one attached hydrogen (secondary N) is 3. The maximum absolute atomic E-state index is 12.7. The molecular formula is C25H29N5O4S2. The Labute approximate surface area is 216 Å². The van der Waals surface area contributed by atoms with Crippen molar-refractivity contribution in [1.82, 2.24) is 15.3 Å². The van der Waals surface area contributed by atoms with Crippen molar-refractivity contribution in [1.29, 1.82) is 0 Å². The van der Waals surface area contributed by atoms with E-state index in [4.69, 9.17) is 17.0 Å². The van der Waals surface area contributed by atoms with Crippen molar-refractivity contribution in [3.63, 3.8) is 0 Å². The van der Waals surface area contributed by atoms with Gasteiger partial charge >= 0.3 is 0 Å². The molecule has 1 amide bonds. The van der Waals surface area contributed by atoms with E-state index in [1.54, 1.807) is 56.3 Å². The Kier molecular flexibility index (Phi) is 9.31. The van der Waals surface area contributed by atoms with Gasteiger partial charge in [-0.3, -0.25) is 10.1 Å². The van der Waals surface area contributed by atoms with Crippen LogP contribution in [-0.4, -0.2) is 36.0 Å². The fourth-order valence-electron chi connectivity index (χ4n) is 3.32. The first kappa shape index (κ1) is 27.0. The summed E-state index contributed by atoms with van der Waals surface area (Å²) in [5.41, 5.74) is 2.19. The summed E-state index contributed by atoms with van der Waals surface area (Å²) in [6.07, 6.45) is 3.04. The molecule has 0 bridgehead atoms. The first-order valence-corrected chi connectivity index (χ1v) is 13.4. The number of benzene rings is 2. The Hall–Kier alpha value is -3.57. The largest absolute Gasteiger partial charge is 0.493 e. The van der Waals surface area contributed by atoms with Crippen LogP contribution in [0.4, 0.5) is 11.6 Å². The molecule has 0 atom stereocenters. The number of sulfonamides is 1. The molecule has 0 saturated carbocycles. The van der Waals surface area contributed by atoms with E-state index in [1.807, 2.05) is 0 Å². The monoisotopic (exact) mass is 527 g/mol. The highest BCUT2D eigenvalue weighted by Crippen LogP contribution is 2.19. The van der Waals surface area contributed by atoms with Crippen molar-refractivity contribution in [2.24, 2.45) is 0 Å². The minimum Gasteiger partial charge on any atom is -0.493 e. The molecule has 0 spiro atoms. The van der Waals surface area contributed by atoms with Crippen LogP contribution in [0.2, 0.25) is 0 Å². The van der Waals surface area contributed by atoms with Crippen LogP contribution >= 0.6 is 12.2 Å². The molecule has 3 N–H and O–H groups in total. The zero-order valence-electron chi connectivity index (χ0n) is 20.4. The molecule has 11 heteroatoms. The van der Waals surface area contributed by atoms with Crippen LogP contribution < -0.4 is 20.1 Å². The Morgan fingerprint density at radius 1 is 1.00 bits per heavy atom. The molecule has 0 fully saturated rings. The number of thiocarbonyl (C=S) groups is 1. The number of hydrogen-bond acceptors (Lipinski definition) is 7. The predicted molar refractivity (Wildman–Crippen MR) is 144 cm³/mol. The second-order valence-corrected chi connectivity index (χ2v) is 10.2. The third kappa shape index (κ3) is 7.72. The lowest BCUT2D eigenvalue weighted by atomic mass is 10.2. The first-order chi connectivity index (χ1) is 17.2. The summed E-state index contributed by atoms with van der Waals surface area (Å²) in [4.78, 5) is 21.0. The zero-order valence-corrected chi connectivity index (χ0v) is 22.0. The number of carbonyl (C=O) groups excluding carboxylic acids is 1. The molecule has 0 aliphatic heterocycles. The van der Waals surface area contributed by atoms with E-state index >= 15 is 0 Å². The smallest absolute Gasteiger partial charge is 0.264 e. The summed E-state index contributed by atoms with van der Waals surface area (Å²) in [6.45, 7) is 6.15. The Balaban J connectivity index is 1.61. The second-order valence-electron chi connectivity index (χ2n) is 8.06. The van der Waals surface area contributed by atoms with Crippen molar-refractivity contribution >= 4 is 44.9 Å². The minimum absolute atomic E-state index is 0.00761. The maximum Gasteiger partial charge on any atom is 0.264 e. The predicted octanol–water partition coefficient (Wildman–Crippen LogP) is 4.59. The number of carbonyl (C=O) groups is 1. The Morgan fingerprint density at radius 2 is 1.67 bits per heavy atom. The second kappa shape index (κ2) is 12.4. The van der Waals surface area contributed by atoms with Crippen molar-refractivity contribution < 1.29 is 17.9 Å². The molecule has 0 saturated heterocycles. The lowest BCUT2D eigenvalue weighted by Gasteiger charge is -2.13. The number of anilines is 2. The summed E-state index contributed by atoms with van der Waals surface area (Å²) in [7, 11) is -3.88. The van der Waals surface area contributed by atoms with Crippen molar-refractivity contribution in [2.45, 2.75) is 44.9 Å². The minimum atomic E-state index is -3.88. The van der Waals surface area contributed by atoms with E-state index < -0.39 is 15.9 Å². The fraction of sp³-hybridized carbons (Fsp3) is 0.280. The number of aromatic nitrogens is 2. The Bertz CT molecular complexity index is 1310. The normalized spacial score (nSPS) is 11.0. The number of para-hydroxylation sites is 1. The van der Waals surface area contributed by atoms with E-state index in [0.29, 0.717) is 35.0 Å². The highest BCUT2D eigenvalue weighted by atomic mass is 32.2. The van der Waals surface area contributed by atoms with E-state index in [1.165, 1.54) is 12.1 Å². The average molecular weight is 528 g/mol. The van der Waals surface area contributed by atoms with Gasteiger partial charge in [0.1, 0.15) is 5.75 Å². The van der Waals surface area contributed by atoms with Crippen LogP contribution in [0.3, 0.4) is 0 Å². The number of rotatable bonds is 10. The fourth-order valence-corrected chi connectivity index (χ4v) is 4.47. The van der Waals surface area contributed by atoms with E-state index in [9.17, 15) is 13.2 Å². The standard InChI is InChI=1S/C25H29N5O4S2/c1-4-5-8-15-34-22-10-7-6-9-21(22)23(31)29-25(35)28-19-11-13-20(14-12-19)36(32,33)30-24-26-17(2)16-18(3)27-24/h6-7,9-14,16H,4-5,8,15H2,1-3H3,(H,26,27,30)(H2,28,29,31,35). The molecule has 0 aliphatic rings. The third-order valence-corrected chi connectivity index (χ3v) is 6.54. The van der Waals surface area contributed by atoms with Gasteiger partial charge in [-0.25, -0.2) is 23.1 Å². The SMILES string of the molecule is CCCCCOc1ccccc1C(=O)NC(=S)Nc1ccc(S(=O)(=O)Nc2nc(C)cc(C)n2)cc1. The molecule has 36 heavy (non-hydrogen) atoms. The van der Waals surface area contributed by atoms with Gasteiger partial charge in [-0.1, -0.05) is 31.9 Å². The van der Waals surface area contributed by atoms with E-state index in [2.05, 4.69) is 32.2 Å². The third-order valence-electron chi connectivity index (χ3n) is 4.99. The van der Waals surface area contributed by atoms with Gasteiger partial charge in [-0.15, -0.1) is 0 Å². The molecule has 2 aromatic carbocycles. The summed E-state index contributed by atoms with van der Waals surface area (Å²) in [5, 5.41) is 5.58. The van der Waals surface area contributed by atoms with Crippen LogP contribution in [0.1, 0.15) is 47.9 Å². The topological polar surface area (TPSA) is 122 Å². The highest BCUT2D eigenvalue weighted by Gasteiger charge is 2.17. The van der Waals surface area contributed by atoms with Gasteiger partial charge in [-0.2, -0.15) is 0 Å². The molecule has 0 unspecified atom stereocenters. The van der Waals surface area contributed by atoms with Gasteiger partial charge in [-0.05, 0) is 75.0 Å². The summed E-state index contributed by atoms with van der Waals surface area (Å²) in [6, 6.07) is 14.6. The van der Waals surface area contributed by atoms with Crippen molar-refractivity contribution in [3.05, 3.63) is 71.5 Å². The van der Waals surface area contributed by atoms with Gasteiger partial charge in [0.15, 0.2) is 5.11 Å². The molecule has 190 valence electrons. The lowest BCUT2D eigenvalue weighted by molar-refractivity contribution is 0.0973. The van der Waals surface area contributed by atoms with Gasteiger partial charge < -0.3 is 10.1 Å².